The Balaban J connectivity index is 1.78. The molecular formula is C13H18N4O. The molecule has 0 spiro atoms. The summed E-state index contributed by atoms with van der Waals surface area (Å²) in [6.45, 7) is 5.60. The molecule has 1 aliphatic carbocycles. The number of hydrogen-bond donors (Lipinski definition) is 1. The van der Waals surface area contributed by atoms with E-state index in [0.717, 1.165) is 29.6 Å². The molecule has 5 heteroatoms. The van der Waals surface area contributed by atoms with Crippen molar-refractivity contribution in [2.45, 2.75) is 45.8 Å². The quantitative estimate of drug-likeness (QED) is 0.878. The van der Waals surface area contributed by atoms with Gasteiger partial charge in [0.05, 0.1) is 18.4 Å². The van der Waals surface area contributed by atoms with Gasteiger partial charge in [0.25, 0.3) is 0 Å². The van der Waals surface area contributed by atoms with E-state index in [1.807, 2.05) is 17.7 Å². The number of aryl methyl sites for hydroxylation is 2. The molecule has 1 N–H and O–H groups in total. The Labute approximate surface area is 106 Å². The van der Waals surface area contributed by atoms with E-state index in [1.54, 1.807) is 6.20 Å². The second-order valence-corrected chi connectivity index (χ2v) is 4.76. The number of nitrogens with zero attached hydrogens (tertiary/aromatic N) is 3. The molecular weight excluding hydrogens is 228 g/mol. The summed E-state index contributed by atoms with van der Waals surface area (Å²) >= 11 is 0. The van der Waals surface area contributed by atoms with Gasteiger partial charge in [-0.05, 0) is 32.8 Å². The monoisotopic (exact) mass is 246 g/mol. The summed E-state index contributed by atoms with van der Waals surface area (Å²) in [7, 11) is 0. The zero-order valence-electron chi connectivity index (χ0n) is 10.8. The first-order chi connectivity index (χ1) is 8.76. The molecule has 1 saturated carbocycles. The van der Waals surface area contributed by atoms with Gasteiger partial charge in [-0.25, -0.2) is 4.98 Å². The van der Waals surface area contributed by atoms with Crippen LogP contribution in [0.3, 0.4) is 0 Å². The largest absolute Gasteiger partial charge is 0.438 e. The maximum Gasteiger partial charge on any atom is 0.208 e. The predicted octanol–water partition coefficient (Wildman–Crippen LogP) is 2.12. The highest BCUT2D eigenvalue weighted by atomic mass is 16.4. The van der Waals surface area contributed by atoms with Crippen LogP contribution in [0.1, 0.15) is 31.4 Å². The van der Waals surface area contributed by atoms with Crippen LogP contribution in [-0.4, -0.2) is 20.8 Å². The molecule has 2 heterocycles. The zero-order chi connectivity index (χ0) is 12.5. The Morgan fingerprint density at radius 3 is 3.06 bits per heavy atom. The molecule has 18 heavy (non-hydrogen) atoms. The van der Waals surface area contributed by atoms with Crippen molar-refractivity contribution in [3.8, 4) is 11.5 Å². The molecule has 0 saturated heterocycles. The maximum absolute atomic E-state index is 5.77. The minimum atomic E-state index is 0.670. The fourth-order valence-electron chi connectivity index (χ4n) is 2.01. The summed E-state index contributed by atoms with van der Waals surface area (Å²) in [5.41, 5.74) is 2.00. The Kier molecular flexibility index (Phi) is 2.91. The average Bonchev–Trinajstić information content (AvgIpc) is 2.94. The van der Waals surface area contributed by atoms with Crippen molar-refractivity contribution in [1.82, 2.24) is 20.1 Å². The second kappa shape index (κ2) is 4.57. The Morgan fingerprint density at radius 1 is 1.50 bits per heavy atom. The van der Waals surface area contributed by atoms with Crippen LogP contribution < -0.4 is 5.32 Å². The Morgan fingerprint density at radius 2 is 2.33 bits per heavy atom. The molecule has 1 fully saturated rings. The smallest absolute Gasteiger partial charge is 0.208 e. The van der Waals surface area contributed by atoms with Gasteiger partial charge in [0.15, 0.2) is 5.76 Å². The van der Waals surface area contributed by atoms with Gasteiger partial charge in [-0.15, -0.1) is 0 Å². The summed E-state index contributed by atoms with van der Waals surface area (Å²) < 4.78 is 7.71. The second-order valence-electron chi connectivity index (χ2n) is 4.76. The van der Waals surface area contributed by atoms with Crippen molar-refractivity contribution in [3.05, 3.63) is 23.8 Å². The Hall–Kier alpha value is -1.62. The van der Waals surface area contributed by atoms with Gasteiger partial charge in [-0.1, -0.05) is 0 Å². The van der Waals surface area contributed by atoms with E-state index >= 15 is 0 Å². The highest BCUT2D eigenvalue weighted by Crippen LogP contribution is 2.23. The van der Waals surface area contributed by atoms with E-state index in [4.69, 9.17) is 4.42 Å². The molecule has 0 amide bonds. The first kappa shape index (κ1) is 11.5. The molecule has 2 aromatic heterocycles. The SMILES string of the molecule is CCn1nc(C)cc1-c1cnc(CNC2CC2)o1. The lowest BCUT2D eigenvalue weighted by Gasteiger charge is -2.00. The highest BCUT2D eigenvalue weighted by Gasteiger charge is 2.21. The van der Waals surface area contributed by atoms with Gasteiger partial charge in [0.1, 0.15) is 5.69 Å². The lowest BCUT2D eigenvalue weighted by molar-refractivity contribution is 0.472. The van der Waals surface area contributed by atoms with Crippen LogP contribution in [0.4, 0.5) is 0 Å². The van der Waals surface area contributed by atoms with Gasteiger partial charge in [0, 0.05) is 12.6 Å². The summed E-state index contributed by atoms with van der Waals surface area (Å²) in [6, 6.07) is 2.70. The molecule has 2 aromatic rings. The van der Waals surface area contributed by atoms with E-state index in [-0.39, 0.29) is 0 Å². The number of rotatable bonds is 5. The third-order valence-corrected chi connectivity index (χ3v) is 3.13. The van der Waals surface area contributed by atoms with Crippen molar-refractivity contribution in [3.63, 3.8) is 0 Å². The van der Waals surface area contributed by atoms with Crippen molar-refractivity contribution < 1.29 is 4.42 Å². The van der Waals surface area contributed by atoms with Crippen LogP contribution in [-0.2, 0) is 13.1 Å². The van der Waals surface area contributed by atoms with Crippen LogP contribution in [0.25, 0.3) is 11.5 Å². The molecule has 1 aliphatic rings. The molecule has 0 unspecified atom stereocenters. The minimum absolute atomic E-state index is 0.670. The van der Waals surface area contributed by atoms with E-state index in [2.05, 4.69) is 22.3 Å². The molecule has 0 aliphatic heterocycles. The van der Waals surface area contributed by atoms with Crippen LogP contribution in [0.5, 0.6) is 0 Å². The third-order valence-electron chi connectivity index (χ3n) is 3.13. The Bertz CT molecular complexity index is 539. The van der Waals surface area contributed by atoms with Gasteiger partial charge in [-0.2, -0.15) is 5.10 Å². The molecule has 0 atom stereocenters. The number of nitrogens with one attached hydrogen (secondary N) is 1. The van der Waals surface area contributed by atoms with Crippen LogP contribution in [0.2, 0.25) is 0 Å². The number of oxazole rings is 1. The van der Waals surface area contributed by atoms with Gasteiger partial charge in [0.2, 0.25) is 5.89 Å². The van der Waals surface area contributed by atoms with E-state index < -0.39 is 0 Å². The standard InChI is InChI=1S/C13H18N4O/c1-3-17-11(6-9(2)16-17)12-7-15-13(18-12)8-14-10-4-5-10/h6-7,10,14H,3-5,8H2,1-2H3. The lowest BCUT2D eigenvalue weighted by Crippen LogP contribution is -2.15. The van der Waals surface area contributed by atoms with Crippen molar-refractivity contribution in [2.75, 3.05) is 0 Å². The first-order valence-electron chi connectivity index (χ1n) is 6.49. The third kappa shape index (κ3) is 2.31. The summed E-state index contributed by atoms with van der Waals surface area (Å²) in [6.07, 6.45) is 4.33. The van der Waals surface area contributed by atoms with E-state index in [0.29, 0.717) is 12.6 Å². The fraction of sp³-hybridized carbons (Fsp3) is 0.538. The van der Waals surface area contributed by atoms with Crippen molar-refractivity contribution in [2.24, 2.45) is 0 Å². The average molecular weight is 246 g/mol. The summed E-state index contributed by atoms with van der Waals surface area (Å²) in [4.78, 5) is 4.31. The maximum atomic E-state index is 5.77. The van der Waals surface area contributed by atoms with Crippen molar-refractivity contribution >= 4 is 0 Å². The zero-order valence-corrected chi connectivity index (χ0v) is 10.8. The summed E-state index contributed by atoms with van der Waals surface area (Å²) in [5.74, 6) is 1.54. The molecule has 0 aromatic carbocycles. The van der Waals surface area contributed by atoms with Crippen LogP contribution in [0, 0.1) is 6.92 Å². The van der Waals surface area contributed by atoms with Crippen LogP contribution in [0.15, 0.2) is 16.7 Å². The minimum Gasteiger partial charge on any atom is -0.438 e. The lowest BCUT2D eigenvalue weighted by atomic mass is 10.3. The number of aromatic nitrogens is 3. The fourth-order valence-corrected chi connectivity index (χ4v) is 2.01. The van der Waals surface area contributed by atoms with Gasteiger partial charge < -0.3 is 9.73 Å². The van der Waals surface area contributed by atoms with Crippen LogP contribution >= 0.6 is 0 Å². The summed E-state index contributed by atoms with van der Waals surface area (Å²) in [5, 5.41) is 7.81. The first-order valence-corrected chi connectivity index (χ1v) is 6.49. The predicted molar refractivity (Wildman–Crippen MR) is 68.0 cm³/mol. The molecule has 96 valence electrons. The topological polar surface area (TPSA) is 55.9 Å². The normalized spacial score (nSPS) is 15.2. The molecule has 0 radical (unpaired) electrons. The molecule has 5 nitrogen and oxygen atoms in total. The van der Waals surface area contributed by atoms with Gasteiger partial charge >= 0.3 is 0 Å². The molecule has 3 rings (SSSR count). The van der Waals surface area contributed by atoms with E-state index in [1.165, 1.54) is 12.8 Å². The molecule has 0 bridgehead atoms. The van der Waals surface area contributed by atoms with Gasteiger partial charge in [-0.3, -0.25) is 4.68 Å². The number of hydrogen-bond acceptors (Lipinski definition) is 4. The van der Waals surface area contributed by atoms with Crippen molar-refractivity contribution in [1.29, 1.82) is 0 Å². The highest BCUT2D eigenvalue weighted by molar-refractivity contribution is 5.51. The van der Waals surface area contributed by atoms with E-state index in [9.17, 15) is 0 Å².